The van der Waals surface area contributed by atoms with Crippen molar-refractivity contribution in [1.82, 2.24) is 19.5 Å². The van der Waals surface area contributed by atoms with Crippen LogP contribution in [0.2, 0.25) is 5.28 Å². The Hall–Kier alpha value is -1.67. The normalized spacial score (nSPS) is 24.1. The van der Waals surface area contributed by atoms with Crippen LogP contribution in [-0.2, 0) is 16.2 Å². The molecule has 3 aromatic rings. The van der Waals surface area contributed by atoms with Crippen LogP contribution in [0.4, 0.5) is 5.82 Å². The number of rotatable bonds is 5. The Labute approximate surface area is 188 Å². The summed E-state index contributed by atoms with van der Waals surface area (Å²) in [6.45, 7) is 0.511. The van der Waals surface area contributed by atoms with E-state index in [1.807, 2.05) is 30.3 Å². The first-order chi connectivity index (χ1) is 13.8. The molecule has 0 bridgehead atoms. The fourth-order valence-corrected chi connectivity index (χ4v) is 5.46. The number of anilines is 1. The second kappa shape index (κ2) is 7.87. The summed E-state index contributed by atoms with van der Waals surface area (Å²) in [4.78, 5) is 23.0. The minimum absolute atomic E-state index is 0.0607. The van der Waals surface area contributed by atoms with E-state index in [1.54, 1.807) is 3.11 Å². The number of imidazole rings is 1. The third kappa shape index (κ3) is 3.44. The predicted octanol–water partition coefficient (Wildman–Crippen LogP) is 2.04. The van der Waals surface area contributed by atoms with Gasteiger partial charge in [0.05, 0.1) is 41.8 Å². The van der Waals surface area contributed by atoms with Crippen LogP contribution in [0, 0.1) is 0 Å². The maximum atomic E-state index is 12.1. The zero-order valence-electron chi connectivity index (χ0n) is 14.7. The van der Waals surface area contributed by atoms with E-state index in [-0.39, 0.29) is 16.7 Å². The third-order valence-corrected chi connectivity index (χ3v) is 7.18. The van der Waals surface area contributed by atoms with E-state index in [1.165, 1.54) is 10.9 Å². The van der Waals surface area contributed by atoms with E-state index in [0.717, 1.165) is 17.3 Å². The molecule has 29 heavy (non-hydrogen) atoms. The monoisotopic (exact) mass is 547 g/mol. The SMILES string of the molecule is O=C(O)C1(n2cnc3c(N(I)Cc4ccccc4)nc(Cl)nc32)SCC(O)C1O. The number of hydrogen-bond acceptors (Lipinski definition) is 8. The van der Waals surface area contributed by atoms with Gasteiger partial charge in [0, 0.05) is 5.75 Å². The topological polar surface area (TPSA) is 125 Å². The first-order valence-electron chi connectivity index (χ1n) is 8.46. The third-order valence-electron chi connectivity index (χ3n) is 4.65. The van der Waals surface area contributed by atoms with Crippen molar-refractivity contribution >= 4 is 69.2 Å². The molecule has 1 aliphatic rings. The van der Waals surface area contributed by atoms with Crippen molar-refractivity contribution in [1.29, 1.82) is 0 Å². The number of aliphatic carboxylic acids is 1. The van der Waals surface area contributed by atoms with Crippen LogP contribution in [0.1, 0.15) is 5.56 Å². The van der Waals surface area contributed by atoms with Gasteiger partial charge in [0.1, 0.15) is 6.10 Å². The predicted molar refractivity (Wildman–Crippen MR) is 117 cm³/mol. The fraction of sp³-hybridized carbons (Fsp3) is 0.294. The minimum Gasteiger partial charge on any atom is -0.479 e. The molecule has 3 unspecified atom stereocenters. The molecular weight excluding hydrogens is 533 g/mol. The molecule has 0 aliphatic carbocycles. The Morgan fingerprint density at radius 2 is 2.07 bits per heavy atom. The highest BCUT2D eigenvalue weighted by molar-refractivity contribution is 14.1. The van der Waals surface area contributed by atoms with Crippen LogP contribution in [0.3, 0.4) is 0 Å². The number of hydrogen-bond donors (Lipinski definition) is 3. The van der Waals surface area contributed by atoms with Gasteiger partial charge < -0.3 is 15.3 Å². The van der Waals surface area contributed by atoms with Gasteiger partial charge in [-0.15, -0.1) is 11.8 Å². The highest BCUT2D eigenvalue weighted by Crippen LogP contribution is 2.45. The molecule has 1 fully saturated rings. The van der Waals surface area contributed by atoms with Gasteiger partial charge in [-0.1, -0.05) is 30.3 Å². The van der Waals surface area contributed by atoms with Crippen molar-refractivity contribution in [3.8, 4) is 0 Å². The van der Waals surface area contributed by atoms with E-state index in [9.17, 15) is 20.1 Å². The van der Waals surface area contributed by atoms with Crippen LogP contribution in [0.25, 0.3) is 11.2 Å². The van der Waals surface area contributed by atoms with Gasteiger partial charge in [-0.3, -0.25) is 7.68 Å². The lowest BCUT2D eigenvalue weighted by Crippen LogP contribution is -2.49. The number of carboxylic acids is 1. The second-order valence-corrected chi connectivity index (χ2v) is 9.18. The van der Waals surface area contributed by atoms with Gasteiger partial charge in [0.2, 0.25) is 10.2 Å². The molecule has 9 nitrogen and oxygen atoms in total. The molecule has 0 saturated carbocycles. The van der Waals surface area contributed by atoms with E-state index >= 15 is 0 Å². The Bertz CT molecular complexity index is 1070. The fourth-order valence-electron chi connectivity index (χ4n) is 3.24. The van der Waals surface area contributed by atoms with Crippen molar-refractivity contribution in [2.24, 2.45) is 0 Å². The van der Waals surface area contributed by atoms with Crippen LogP contribution < -0.4 is 3.11 Å². The zero-order chi connectivity index (χ0) is 20.8. The highest BCUT2D eigenvalue weighted by Gasteiger charge is 2.57. The number of carboxylic acid groups (broad SMARTS) is 1. The summed E-state index contributed by atoms with van der Waals surface area (Å²) in [7, 11) is 0. The molecule has 4 rings (SSSR count). The standard InChI is InChI=1S/C17H15ClIN5O4S/c18-16-21-13-11(14(22-16)24(19)6-9-4-2-1-3-5-9)20-8-23(13)17(15(27)28)12(26)10(25)7-29-17/h1-5,8,10,12,25-26H,6-7H2,(H,27,28). The average molecular weight is 548 g/mol. The molecule has 0 amide bonds. The average Bonchev–Trinajstić information content (AvgIpc) is 3.24. The smallest absolute Gasteiger partial charge is 0.343 e. The van der Waals surface area contributed by atoms with Gasteiger partial charge >= 0.3 is 5.97 Å². The molecule has 1 aliphatic heterocycles. The Morgan fingerprint density at radius 3 is 2.69 bits per heavy atom. The summed E-state index contributed by atoms with van der Waals surface area (Å²) in [5, 5.41) is 30.3. The second-order valence-electron chi connectivity index (χ2n) is 6.43. The largest absolute Gasteiger partial charge is 0.479 e. The quantitative estimate of drug-likeness (QED) is 0.250. The molecule has 1 saturated heterocycles. The molecule has 3 atom stereocenters. The lowest BCUT2D eigenvalue weighted by atomic mass is 10.1. The summed E-state index contributed by atoms with van der Waals surface area (Å²) >= 11 is 9.13. The lowest BCUT2D eigenvalue weighted by Gasteiger charge is -2.29. The number of aliphatic hydroxyl groups excluding tert-OH is 2. The highest BCUT2D eigenvalue weighted by atomic mass is 127. The molecule has 0 spiro atoms. The van der Waals surface area contributed by atoms with Crippen LogP contribution in [-0.4, -0.2) is 58.8 Å². The van der Waals surface area contributed by atoms with Crippen molar-refractivity contribution in [3.05, 3.63) is 47.5 Å². The van der Waals surface area contributed by atoms with E-state index in [4.69, 9.17) is 11.6 Å². The van der Waals surface area contributed by atoms with Crippen LogP contribution in [0.5, 0.6) is 0 Å². The maximum absolute atomic E-state index is 12.1. The maximum Gasteiger partial charge on any atom is 0.343 e. The van der Waals surface area contributed by atoms with Crippen LogP contribution in [0.15, 0.2) is 36.7 Å². The summed E-state index contributed by atoms with van der Waals surface area (Å²) in [5.74, 6) is -0.829. The van der Waals surface area contributed by atoms with Crippen molar-refractivity contribution in [2.45, 2.75) is 23.6 Å². The number of halogens is 2. The van der Waals surface area contributed by atoms with Gasteiger partial charge in [0.15, 0.2) is 17.0 Å². The van der Waals surface area contributed by atoms with Crippen molar-refractivity contribution in [3.63, 3.8) is 0 Å². The number of thioether (sulfide) groups is 1. The Morgan fingerprint density at radius 1 is 1.34 bits per heavy atom. The van der Waals surface area contributed by atoms with Gasteiger partial charge in [-0.25, -0.2) is 9.78 Å². The molecule has 12 heteroatoms. The molecule has 0 radical (unpaired) electrons. The Kier molecular flexibility index (Phi) is 5.59. The summed E-state index contributed by atoms with van der Waals surface area (Å²) in [6.07, 6.45) is -1.45. The number of benzene rings is 1. The zero-order valence-corrected chi connectivity index (χ0v) is 18.4. The lowest BCUT2D eigenvalue weighted by molar-refractivity contribution is -0.149. The minimum atomic E-state index is -1.86. The number of carbonyl (C=O) groups is 1. The number of nitrogens with zero attached hydrogens (tertiary/aromatic N) is 5. The molecule has 3 heterocycles. The van der Waals surface area contributed by atoms with E-state index in [0.29, 0.717) is 17.9 Å². The number of aliphatic hydroxyl groups is 2. The Balaban J connectivity index is 1.83. The summed E-state index contributed by atoms with van der Waals surface area (Å²) in [6, 6.07) is 9.72. The molecule has 152 valence electrons. The summed E-state index contributed by atoms with van der Waals surface area (Å²) in [5.41, 5.74) is 1.54. The molecule has 1 aromatic carbocycles. The van der Waals surface area contributed by atoms with E-state index < -0.39 is 23.0 Å². The van der Waals surface area contributed by atoms with Gasteiger partial charge in [-0.05, 0) is 17.2 Å². The number of aromatic nitrogens is 4. The van der Waals surface area contributed by atoms with E-state index in [2.05, 4.69) is 37.8 Å². The number of fused-ring (bicyclic) bond motifs is 1. The molecular formula is C17H15ClIN5O4S. The molecule has 3 N–H and O–H groups in total. The first-order valence-corrected chi connectivity index (χ1v) is 10.8. The van der Waals surface area contributed by atoms with Gasteiger partial charge in [-0.2, -0.15) is 9.97 Å². The van der Waals surface area contributed by atoms with Crippen LogP contribution >= 0.6 is 46.2 Å². The summed E-state index contributed by atoms with van der Waals surface area (Å²) < 4.78 is 3.06. The van der Waals surface area contributed by atoms with Crippen molar-refractivity contribution < 1.29 is 20.1 Å². The molecule has 2 aromatic heterocycles. The first kappa shape index (κ1) is 20.6. The van der Waals surface area contributed by atoms with Crippen molar-refractivity contribution in [2.75, 3.05) is 8.87 Å². The van der Waals surface area contributed by atoms with Gasteiger partial charge in [0.25, 0.3) is 0 Å².